The van der Waals surface area contributed by atoms with E-state index in [1.807, 2.05) is 0 Å². The van der Waals surface area contributed by atoms with Gasteiger partial charge in [-0.2, -0.15) is 5.26 Å². The van der Waals surface area contributed by atoms with Crippen LogP contribution in [0.1, 0.15) is 39.4 Å². The summed E-state index contributed by atoms with van der Waals surface area (Å²) in [5.41, 5.74) is 2.40. The maximum atomic E-state index is 12.6. The Morgan fingerprint density at radius 3 is 2.74 bits per heavy atom. The van der Waals surface area contributed by atoms with Crippen LogP contribution in [0.15, 0.2) is 34.7 Å². The monoisotopic (exact) mass is 416 g/mol. The number of carbonyl (C=O) groups is 1. The Kier molecular flexibility index (Phi) is 4.96. The molecule has 1 aromatic carbocycles. The fourth-order valence-corrected chi connectivity index (χ4v) is 4.73. The van der Waals surface area contributed by atoms with Crippen LogP contribution in [-0.4, -0.2) is 5.91 Å². The first kappa shape index (κ1) is 18.1. The largest absolute Gasteiger partial charge is 0.451 e. The smallest absolute Gasteiger partial charge is 0.292 e. The van der Waals surface area contributed by atoms with E-state index in [0.717, 1.165) is 36.8 Å². The number of thiophene rings is 1. The summed E-state index contributed by atoms with van der Waals surface area (Å²) in [5, 5.41) is 13.8. The fourth-order valence-electron chi connectivity index (χ4n) is 3.20. The van der Waals surface area contributed by atoms with Gasteiger partial charge in [0.15, 0.2) is 5.76 Å². The normalized spacial score (nSPS) is 13.1. The summed E-state index contributed by atoms with van der Waals surface area (Å²) in [5.74, 6) is 0.312. The van der Waals surface area contributed by atoms with Crippen molar-refractivity contribution >= 4 is 45.4 Å². The summed E-state index contributed by atoms with van der Waals surface area (Å²) in [7, 11) is 0. The van der Waals surface area contributed by atoms with Crippen LogP contribution in [0.25, 0.3) is 11.3 Å². The van der Waals surface area contributed by atoms with Crippen LogP contribution in [0.5, 0.6) is 0 Å². The second kappa shape index (κ2) is 7.40. The number of nitrogens with zero attached hydrogens (tertiary/aromatic N) is 1. The summed E-state index contributed by atoms with van der Waals surface area (Å²) < 4.78 is 5.68. The molecule has 1 aliphatic carbocycles. The molecule has 2 heterocycles. The lowest BCUT2D eigenvalue weighted by atomic mass is 9.96. The SMILES string of the molecule is N#Cc1c(NC(=O)c2ccc(-c3ccc(Cl)c(Cl)c3)o2)sc2c1CCCC2. The Balaban J connectivity index is 1.58. The number of aryl methyl sites for hydroxylation is 1. The third-order valence-corrected chi connectivity index (χ3v) is 6.49. The van der Waals surface area contributed by atoms with Gasteiger partial charge in [0.1, 0.15) is 16.8 Å². The molecule has 7 heteroatoms. The molecule has 1 N–H and O–H groups in total. The molecule has 0 radical (unpaired) electrons. The first-order chi connectivity index (χ1) is 13.1. The van der Waals surface area contributed by atoms with E-state index in [1.54, 1.807) is 30.3 Å². The number of carbonyl (C=O) groups excluding carboxylic acids is 1. The number of furan rings is 1. The molecule has 1 amide bonds. The van der Waals surface area contributed by atoms with Gasteiger partial charge in [0.05, 0.1) is 15.6 Å². The average Bonchev–Trinajstić information content (AvgIpc) is 3.28. The van der Waals surface area contributed by atoms with E-state index in [2.05, 4.69) is 11.4 Å². The zero-order valence-electron chi connectivity index (χ0n) is 14.1. The second-order valence-electron chi connectivity index (χ2n) is 6.27. The Morgan fingerprint density at radius 2 is 1.96 bits per heavy atom. The van der Waals surface area contributed by atoms with Crippen LogP contribution < -0.4 is 5.32 Å². The molecule has 3 aromatic rings. The highest BCUT2D eigenvalue weighted by atomic mass is 35.5. The van der Waals surface area contributed by atoms with Gasteiger partial charge < -0.3 is 9.73 Å². The molecule has 0 spiro atoms. The summed E-state index contributed by atoms with van der Waals surface area (Å²) in [6.07, 6.45) is 4.06. The van der Waals surface area contributed by atoms with Crippen molar-refractivity contribution in [2.75, 3.05) is 5.32 Å². The lowest BCUT2D eigenvalue weighted by molar-refractivity contribution is 0.0998. The van der Waals surface area contributed by atoms with Gasteiger partial charge in [0.25, 0.3) is 5.91 Å². The number of nitrogens with one attached hydrogen (secondary N) is 1. The number of anilines is 1. The van der Waals surface area contributed by atoms with E-state index in [0.29, 0.717) is 26.4 Å². The van der Waals surface area contributed by atoms with Gasteiger partial charge >= 0.3 is 0 Å². The van der Waals surface area contributed by atoms with E-state index in [4.69, 9.17) is 27.6 Å². The zero-order valence-corrected chi connectivity index (χ0v) is 16.5. The first-order valence-corrected chi connectivity index (χ1v) is 10.1. The molecule has 27 heavy (non-hydrogen) atoms. The number of benzene rings is 1. The Labute approximate surface area is 170 Å². The predicted octanol–water partition coefficient (Wildman–Crippen LogP) is 6.32. The lowest BCUT2D eigenvalue weighted by Crippen LogP contribution is -2.10. The molecule has 4 rings (SSSR count). The van der Waals surface area contributed by atoms with Crippen molar-refractivity contribution < 1.29 is 9.21 Å². The topological polar surface area (TPSA) is 66.0 Å². The molecular formula is C20H14Cl2N2O2S. The van der Waals surface area contributed by atoms with Gasteiger partial charge in [0.2, 0.25) is 0 Å². The molecule has 0 saturated carbocycles. The van der Waals surface area contributed by atoms with Crippen LogP contribution in [0, 0.1) is 11.3 Å². The van der Waals surface area contributed by atoms with Crippen LogP contribution in [0.2, 0.25) is 10.0 Å². The number of halogens is 2. The van der Waals surface area contributed by atoms with Gasteiger partial charge in [0, 0.05) is 10.4 Å². The average molecular weight is 417 g/mol. The van der Waals surface area contributed by atoms with Crippen molar-refractivity contribution in [3.63, 3.8) is 0 Å². The van der Waals surface area contributed by atoms with E-state index < -0.39 is 0 Å². The summed E-state index contributed by atoms with van der Waals surface area (Å²) >= 11 is 13.5. The van der Waals surface area contributed by atoms with Crippen molar-refractivity contribution in [1.29, 1.82) is 5.26 Å². The second-order valence-corrected chi connectivity index (χ2v) is 8.19. The third-order valence-electron chi connectivity index (χ3n) is 4.54. The summed E-state index contributed by atoms with van der Waals surface area (Å²) in [6, 6.07) is 10.7. The Bertz CT molecular complexity index is 1080. The maximum Gasteiger partial charge on any atom is 0.292 e. The minimum absolute atomic E-state index is 0.173. The molecule has 136 valence electrons. The molecule has 0 fully saturated rings. The van der Waals surface area contributed by atoms with Crippen LogP contribution in [0.3, 0.4) is 0 Å². The van der Waals surface area contributed by atoms with Crippen LogP contribution >= 0.6 is 34.5 Å². The molecule has 0 atom stereocenters. The van der Waals surface area contributed by atoms with Gasteiger partial charge in [-0.05, 0) is 61.6 Å². The molecule has 0 bridgehead atoms. The number of hydrogen-bond acceptors (Lipinski definition) is 4. The molecule has 4 nitrogen and oxygen atoms in total. The highest BCUT2D eigenvalue weighted by Gasteiger charge is 2.23. The lowest BCUT2D eigenvalue weighted by Gasteiger charge is -2.09. The molecule has 0 aliphatic heterocycles. The van der Waals surface area contributed by atoms with E-state index in [1.165, 1.54) is 16.2 Å². The van der Waals surface area contributed by atoms with Gasteiger partial charge in [-0.25, -0.2) is 0 Å². The maximum absolute atomic E-state index is 12.6. The number of nitriles is 1. The Morgan fingerprint density at radius 1 is 1.15 bits per heavy atom. The number of rotatable bonds is 3. The third kappa shape index (κ3) is 3.49. The van der Waals surface area contributed by atoms with Crippen molar-refractivity contribution in [3.05, 3.63) is 62.1 Å². The summed E-state index contributed by atoms with van der Waals surface area (Å²) in [4.78, 5) is 13.8. The predicted molar refractivity (Wildman–Crippen MR) is 108 cm³/mol. The number of hydrogen-bond donors (Lipinski definition) is 1. The van der Waals surface area contributed by atoms with Gasteiger partial charge in [-0.15, -0.1) is 11.3 Å². The van der Waals surface area contributed by atoms with E-state index in [9.17, 15) is 10.1 Å². The molecular weight excluding hydrogens is 403 g/mol. The highest BCUT2D eigenvalue weighted by molar-refractivity contribution is 7.16. The minimum atomic E-state index is -0.378. The molecule has 1 aliphatic rings. The van der Waals surface area contributed by atoms with Gasteiger partial charge in [-0.1, -0.05) is 23.2 Å². The van der Waals surface area contributed by atoms with Gasteiger partial charge in [-0.3, -0.25) is 4.79 Å². The fraction of sp³-hybridized carbons (Fsp3) is 0.200. The van der Waals surface area contributed by atoms with Crippen molar-refractivity contribution in [1.82, 2.24) is 0 Å². The number of amides is 1. The molecule has 2 aromatic heterocycles. The van der Waals surface area contributed by atoms with E-state index >= 15 is 0 Å². The van der Waals surface area contributed by atoms with E-state index in [-0.39, 0.29) is 11.7 Å². The minimum Gasteiger partial charge on any atom is -0.451 e. The first-order valence-electron chi connectivity index (χ1n) is 8.48. The standard InChI is InChI=1S/C20H14Cl2N2O2S/c21-14-6-5-11(9-15(14)22)16-7-8-17(26-16)19(25)24-20-13(10-23)12-3-1-2-4-18(12)27-20/h5-9H,1-4H2,(H,24,25). The quantitative estimate of drug-likeness (QED) is 0.543. The van der Waals surface area contributed by atoms with Crippen molar-refractivity contribution in [3.8, 4) is 17.4 Å². The van der Waals surface area contributed by atoms with Crippen molar-refractivity contribution in [2.24, 2.45) is 0 Å². The van der Waals surface area contributed by atoms with Crippen LogP contribution in [0.4, 0.5) is 5.00 Å². The Hall–Kier alpha value is -2.26. The summed E-state index contributed by atoms with van der Waals surface area (Å²) in [6.45, 7) is 0. The van der Waals surface area contributed by atoms with Crippen molar-refractivity contribution in [2.45, 2.75) is 25.7 Å². The highest BCUT2D eigenvalue weighted by Crippen LogP contribution is 2.38. The molecule has 0 unspecified atom stereocenters. The number of fused-ring (bicyclic) bond motifs is 1. The van der Waals surface area contributed by atoms with Crippen LogP contribution in [-0.2, 0) is 12.8 Å². The zero-order chi connectivity index (χ0) is 19.0. The molecule has 0 saturated heterocycles.